The number of benzene rings is 3. The van der Waals surface area contributed by atoms with Crippen LogP contribution in [0.4, 0.5) is 5.69 Å². The molecule has 4 rings (SSSR count). The van der Waals surface area contributed by atoms with Crippen LogP contribution in [0.1, 0.15) is 21.5 Å². The van der Waals surface area contributed by atoms with E-state index in [4.69, 9.17) is 4.74 Å². The molecule has 4 heteroatoms. The van der Waals surface area contributed by atoms with Crippen molar-refractivity contribution in [1.29, 1.82) is 0 Å². The SMILES string of the molecule is Cc1cccc(N2CCN(C(=O)c3ccc(OCc4ccccc4)cc3)CC2)c1. The minimum absolute atomic E-state index is 0.0866. The Kier molecular flexibility index (Phi) is 5.80. The van der Waals surface area contributed by atoms with Crippen LogP contribution in [0, 0.1) is 6.92 Å². The molecule has 0 spiro atoms. The lowest BCUT2D eigenvalue weighted by molar-refractivity contribution is 0.0746. The van der Waals surface area contributed by atoms with Crippen molar-refractivity contribution >= 4 is 11.6 Å². The van der Waals surface area contributed by atoms with Crippen LogP contribution in [0.25, 0.3) is 0 Å². The number of amides is 1. The summed E-state index contributed by atoms with van der Waals surface area (Å²) >= 11 is 0. The number of hydrogen-bond donors (Lipinski definition) is 0. The van der Waals surface area contributed by atoms with Crippen LogP contribution in [0.3, 0.4) is 0 Å². The lowest BCUT2D eigenvalue weighted by atomic mass is 10.1. The van der Waals surface area contributed by atoms with Crippen LogP contribution >= 0.6 is 0 Å². The van der Waals surface area contributed by atoms with Crippen molar-refractivity contribution < 1.29 is 9.53 Å². The quantitative estimate of drug-likeness (QED) is 0.646. The summed E-state index contributed by atoms with van der Waals surface area (Å²) in [5.74, 6) is 0.859. The summed E-state index contributed by atoms with van der Waals surface area (Å²) in [5.41, 5.74) is 4.33. The average molecular weight is 386 g/mol. The zero-order valence-electron chi connectivity index (χ0n) is 16.8. The highest BCUT2D eigenvalue weighted by molar-refractivity contribution is 5.94. The number of carbonyl (C=O) groups excluding carboxylic acids is 1. The zero-order valence-corrected chi connectivity index (χ0v) is 16.8. The van der Waals surface area contributed by atoms with Gasteiger partial charge < -0.3 is 14.5 Å². The van der Waals surface area contributed by atoms with Crippen molar-refractivity contribution in [3.8, 4) is 5.75 Å². The highest BCUT2D eigenvalue weighted by atomic mass is 16.5. The largest absolute Gasteiger partial charge is 0.489 e. The monoisotopic (exact) mass is 386 g/mol. The Labute approximate surface area is 172 Å². The van der Waals surface area contributed by atoms with Gasteiger partial charge in [-0.05, 0) is 54.4 Å². The van der Waals surface area contributed by atoms with Crippen molar-refractivity contribution in [2.75, 3.05) is 31.1 Å². The van der Waals surface area contributed by atoms with E-state index < -0.39 is 0 Å². The van der Waals surface area contributed by atoms with Crippen LogP contribution in [0.2, 0.25) is 0 Å². The molecule has 148 valence electrons. The molecule has 0 bridgehead atoms. The summed E-state index contributed by atoms with van der Waals surface area (Å²) in [5, 5.41) is 0. The Morgan fingerprint density at radius 1 is 0.862 bits per heavy atom. The molecule has 1 aliphatic rings. The number of aryl methyl sites for hydroxylation is 1. The fraction of sp³-hybridized carbons (Fsp3) is 0.240. The molecule has 0 N–H and O–H groups in total. The molecule has 1 fully saturated rings. The summed E-state index contributed by atoms with van der Waals surface area (Å²) in [4.78, 5) is 17.1. The third-order valence-corrected chi connectivity index (χ3v) is 5.28. The van der Waals surface area contributed by atoms with Crippen molar-refractivity contribution in [2.24, 2.45) is 0 Å². The summed E-state index contributed by atoms with van der Waals surface area (Å²) < 4.78 is 5.81. The highest BCUT2D eigenvalue weighted by Gasteiger charge is 2.22. The molecule has 0 radical (unpaired) electrons. The molecular weight excluding hydrogens is 360 g/mol. The number of hydrogen-bond acceptors (Lipinski definition) is 3. The number of anilines is 1. The van der Waals surface area contributed by atoms with Gasteiger partial charge in [-0.1, -0.05) is 42.5 Å². The van der Waals surface area contributed by atoms with Gasteiger partial charge in [-0.15, -0.1) is 0 Å². The van der Waals surface area contributed by atoms with Gasteiger partial charge in [0.15, 0.2) is 0 Å². The Bertz CT molecular complexity index is 946. The smallest absolute Gasteiger partial charge is 0.253 e. The fourth-order valence-electron chi connectivity index (χ4n) is 3.61. The average Bonchev–Trinajstić information content (AvgIpc) is 2.78. The topological polar surface area (TPSA) is 32.8 Å². The molecule has 0 unspecified atom stereocenters. The summed E-state index contributed by atoms with van der Waals surface area (Å²) in [6.45, 7) is 5.81. The predicted molar refractivity (Wildman–Crippen MR) is 117 cm³/mol. The number of carbonyl (C=O) groups is 1. The third-order valence-electron chi connectivity index (χ3n) is 5.28. The van der Waals surface area contributed by atoms with Gasteiger partial charge in [-0.25, -0.2) is 0 Å². The lowest BCUT2D eigenvalue weighted by Gasteiger charge is -2.36. The van der Waals surface area contributed by atoms with E-state index >= 15 is 0 Å². The Hall–Kier alpha value is -3.27. The first-order valence-corrected chi connectivity index (χ1v) is 10.1. The zero-order chi connectivity index (χ0) is 20.1. The van der Waals surface area contributed by atoms with Gasteiger partial charge in [0.25, 0.3) is 5.91 Å². The maximum Gasteiger partial charge on any atom is 0.253 e. The summed E-state index contributed by atoms with van der Waals surface area (Å²) in [6, 6.07) is 26.1. The Morgan fingerprint density at radius 2 is 1.59 bits per heavy atom. The van der Waals surface area contributed by atoms with Gasteiger partial charge in [0, 0.05) is 37.4 Å². The minimum atomic E-state index is 0.0866. The van der Waals surface area contributed by atoms with E-state index in [1.165, 1.54) is 11.3 Å². The van der Waals surface area contributed by atoms with Crippen LogP contribution in [0.15, 0.2) is 78.9 Å². The molecule has 1 heterocycles. The molecule has 4 nitrogen and oxygen atoms in total. The number of nitrogens with zero attached hydrogens (tertiary/aromatic N) is 2. The van der Waals surface area contributed by atoms with Gasteiger partial charge >= 0.3 is 0 Å². The van der Waals surface area contributed by atoms with Crippen molar-refractivity contribution in [3.05, 3.63) is 95.6 Å². The standard InChI is InChI=1S/C25H26N2O2/c1-20-6-5-9-23(18-20)26-14-16-27(17-15-26)25(28)22-10-12-24(13-11-22)29-19-21-7-3-2-4-8-21/h2-13,18H,14-17,19H2,1H3. The maximum atomic E-state index is 12.9. The van der Waals surface area contributed by atoms with E-state index in [0.29, 0.717) is 12.2 Å². The molecular formula is C25H26N2O2. The van der Waals surface area contributed by atoms with Crippen molar-refractivity contribution in [2.45, 2.75) is 13.5 Å². The second-order valence-corrected chi connectivity index (χ2v) is 7.42. The number of piperazine rings is 1. The fourth-order valence-corrected chi connectivity index (χ4v) is 3.61. The van der Waals surface area contributed by atoms with Gasteiger partial charge in [-0.3, -0.25) is 4.79 Å². The first kappa shape index (κ1) is 19.1. The highest BCUT2D eigenvalue weighted by Crippen LogP contribution is 2.20. The van der Waals surface area contributed by atoms with Gasteiger partial charge in [0.05, 0.1) is 0 Å². The molecule has 0 atom stereocenters. The van der Waals surface area contributed by atoms with Crippen LogP contribution < -0.4 is 9.64 Å². The van der Waals surface area contributed by atoms with E-state index in [9.17, 15) is 4.79 Å². The molecule has 1 aliphatic heterocycles. The lowest BCUT2D eigenvalue weighted by Crippen LogP contribution is -2.48. The molecule has 0 aromatic heterocycles. The minimum Gasteiger partial charge on any atom is -0.489 e. The van der Waals surface area contributed by atoms with Gasteiger partial charge in [-0.2, -0.15) is 0 Å². The van der Waals surface area contributed by atoms with Crippen LogP contribution in [0.5, 0.6) is 5.75 Å². The Balaban J connectivity index is 1.31. The molecule has 3 aromatic rings. The predicted octanol–water partition coefficient (Wildman–Crippen LogP) is 4.54. The molecule has 0 saturated carbocycles. The second kappa shape index (κ2) is 8.82. The summed E-state index contributed by atoms with van der Waals surface area (Å²) in [6.07, 6.45) is 0. The summed E-state index contributed by atoms with van der Waals surface area (Å²) in [7, 11) is 0. The van der Waals surface area contributed by atoms with Gasteiger partial charge in [0.2, 0.25) is 0 Å². The normalized spacial score (nSPS) is 14.0. The van der Waals surface area contributed by atoms with E-state index in [2.05, 4.69) is 36.1 Å². The molecule has 29 heavy (non-hydrogen) atoms. The van der Waals surface area contributed by atoms with E-state index in [1.54, 1.807) is 0 Å². The van der Waals surface area contributed by atoms with Gasteiger partial charge in [0.1, 0.15) is 12.4 Å². The van der Waals surface area contributed by atoms with E-state index in [1.807, 2.05) is 59.5 Å². The second-order valence-electron chi connectivity index (χ2n) is 7.42. The maximum absolute atomic E-state index is 12.9. The van der Waals surface area contributed by atoms with Crippen molar-refractivity contribution in [1.82, 2.24) is 4.90 Å². The first-order valence-electron chi connectivity index (χ1n) is 10.1. The molecule has 3 aromatic carbocycles. The molecule has 1 amide bonds. The Morgan fingerprint density at radius 3 is 2.28 bits per heavy atom. The number of rotatable bonds is 5. The number of ether oxygens (including phenoxy) is 1. The third kappa shape index (κ3) is 4.77. The first-order chi connectivity index (χ1) is 14.2. The van der Waals surface area contributed by atoms with Crippen LogP contribution in [-0.2, 0) is 6.61 Å². The van der Waals surface area contributed by atoms with Crippen LogP contribution in [-0.4, -0.2) is 37.0 Å². The molecule has 0 aliphatic carbocycles. The van der Waals surface area contributed by atoms with Crippen molar-refractivity contribution in [3.63, 3.8) is 0 Å². The van der Waals surface area contributed by atoms with E-state index in [0.717, 1.165) is 37.5 Å². The van der Waals surface area contributed by atoms with E-state index in [-0.39, 0.29) is 5.91 Å². The molecule has 1 saturated heterocycles.